The molecule has 1 radical (unpaired) electrons. The molecule has 0 fully saturated rings. The maximum atomic E-state index is 8.38. The number of rotatable bonds is 0. The molecule has 0 amide bonds. The van der Waals surface area contributed by atoms with E-state index in [1.54, 1.807) is 0 Å². The van der Waals surface area contributed by atoms with Crippen LogP contribution in [0, 0.1) is 35.6 Å². The van der Waals surface area contributed by atoms with Crippen LogP contribution in [0.1, 0.15) is 0 Å². The van der Waals surface area contributed by atoms with Crippen LogP contribution in [0.15, 0.2) is 0 Å². The van der Waals surface area contributed by atoms with Crippen LogP contribution in [-0.2, 0) is 3.78 Å². The number of hydrogen-bond acceptors (Lipinski definition) is 1. The third kappa shape index (κ3) is 8.92. The van der Waals surface area contributed by atoms with Crippen LogP contribution in [0.5, 0.6) is 0 Å². The molecule has 19 valence electrons. The van der Waals surface area contributed by atoms with Crippen molar-refractivity contribution < 1.29 is 39.4 Å². The van der Waals surface area contributed by atoms with Gasteiger partial charge in [0.1, 0.15) is 0 Å². The van der Waals surface area contributed by atoms with Gasteiger partial charge in [0.05, 0.1) is 0 Å². The van der Waals surface area contributed by atoms with Crippen LogP contribution in [-0.4, -0.2) is 65.3 Å². The average Bonchev–Trinajstić information content (AvgIpc) is 1.00. The zero-order chi connectivity index (χ0) is 2.00. The Labute approximate surface area is 102 Å². The molecular formula is H4BaGeLaO. The fourth-order valence-electron chi connectivity index (χ4n) is 0. The second-order valence-corrected chi connectivity index (χ2v) is 0. The molecule has 0 N–H and O–H groups in total. The van der Waals surface area contributed by atoms with Gasteiger partial charge >= 0.3 is 69.1 Å². The van der Waals surface area contributed by atoms with E-state index in [1.807, 2.05) is 0 Å². The van der Waals surface area contributed by atoms with E-state index in [9.17, 15) is 0 Å². The summed E-state index contributed by atoms with van der Waals surface area (Å²) >= 11 is 0.125. The van der Waals surface area contributed by atoms with Gasteiger partial charge in [-0.3, -0.25) is 0 Å². The zero-order valence-electron chi connectivity index (χ0n) is 1.69. The van der Waals surface area contributed by atoms with Gasteiger partial charge in [0.15, 0.2) is 0 Å². The van der Waals surface area contributed by atoms with Crippen LogP contribution < -0.4 is 0 Å². The van der Waals surface area contributed by atoms with Crippen molar-refractivity contribution in [2.45, 2.75) is 0 Å². The van der Waals surface area contributed by atoms with Gasteiger partial charge in [0, 0.05) is 35.6 Å². The van der Waals surface area contributed by atoms with Crippen molar-refractivity contribution >= 4 is 65.3 Å². The van der Waals surface area contributed by atoms with E-state index >= 15 is 0 Å². The summed E-state index contributed by atoms with van der Waals surface area (Å²) in [7, 11) is 0. The summed E-state index contributed by atoms with van der Waals surface area (Å²) in [4.78, 5) is 0. The normalized spacial score (nSPS) is 1.00. The first-order chi connectivity index (χ1) is 1.00. The third-order valence-electron chi connectivity index (χ3n) is 0. The SMILES string of the molecule is [BaH2].[La].[O]=[GeH2]. The number of hydrogen-bond donors (Lipinski definition) is 0. The van der Waals surface area contributed by atoms with Crippen molar-refractivity contribution in [1.29, 1.82) is 0 Å². The first-order valence-electron chi connectivity index (χ1n) is 0.289. The second-order valence-electron chi connectivity index (χ2n) is 0. The van der Waals surface area contributed by atoms with Crippen LogP contribution >= 0.6 is 0 Å². The average molecular weight is 369 g/mol. The molecule has 0 aliphatic rings. The first kappa shape index (κ1) is 15.7. The summed E-state index contributed by atoms with van der Waals surface area (Å²) in [5.41, 5.74) is 0. The van der Waals surface area contributed by atoms with E-state index in [0.717, 1.165) is 0 Å². The van der Waals surface area contributed by atoms with E-state index in [1.165, 1.54) is 0 Å². The van der Waals surface area contributed by atoms with Gasteiger partial charge in [0.2, 0.25) is 0 Å². The van der Waals surface area contributed by atoms with E-state index in [0.29, 0.717) is 0 Å². The Bertz CT molecular complexity index is 8.00. The van der Waals surface area contributed by atoms with Gasteiger partial charge < -0.3 is 0 Å². The molecule has 1 nitrogen and oxygen atoms in total. The van der Waals surface area contributed by atoms with Crippen molar-refractivity contribution in [3.05, 3.63) is 0 Å². The molecule has 0 spiro atoms. The van der Waals surface area contributed by atoms with Gasteiger partial charge in [-0.1, -0.05) is 0 Å². The molecule has 0 heterocycles. The predicted octanol–water partition coefficient (Wildman–Crippen LogP) is -1.95. The summed E-state index contributed by atoms with van der Waals surface area (Å²) in [5, 5.41) is 0. The molecule has 0 saturated heterocycles. The summed E-state index contributed by atoms with van der Waals surface area (Å²) in [6.07, 6.45) is 0. The summed E-state index contributed by atoms with van der Waals surface area (Å²) in [6, 6.07) is 0. The van der Waals surface area contributed by atoms with E-state index in [4.69, 9.17) is 3.78 Å². The summed E-state index contributed by atoms with van der Waals surface area (Å²) in [6.45, 7) is 0. The van der Waals surface area contributed by atoms with Gasteiger partial charge in [0.25, 0.3) is 0 Å². The van der Waals surface area contributed by atoms with Crippen LogP contribution in [0.3, 0.4) is 0 Å². The summed E-state index contributed by atoms with van der Waals surface area (Å²) < 4.78 is 8.38. The Kier molecular flexibility index (Phi) is 64.8. The maximum absolute atomic E-state index is 8.38. The van der Waals surface area contributed by atoms with Crippen molar-refractivity contribution in [1.82, 2.24) is 0 Å². The molecule has 0 aliphatic heterocycles. The Balaban J connectivity index is -0.00000000500. The van der Waals surface area contributed by atoms with E-state index in [-0.39, 0.29) is 101 Å². The molecule has 4 heteroatoms. The minimum absolute atomic E-state index is 0. The predicted molar refractivity (Wildman–Crippen MR) is 17.8 cm³/mol. The van der Waals surface area contributed by atoms with Crippen molar-refractivity contribution in [3.8, 4) is 0 Å². The van der Waals surface area contributed by atoms with Gasteiger partial charge in [-0.25, -0.2) is 0 Å². The molecule has 0 bridgehead atoms. The standard InChI is InChI=1S/Ba.GeH2O.La.2H/c;1-2;;;/h;1H2;;;. The van der Waals surface area contributed by atoms with Crippen molar-refractivity contribution in [2.24, 2.45) is 0 Å². The molecular weight excluding hydrogens is 365 g/mol. The Hall–Kier alpha value is 3.11. The molecule has 4 heavy (non-hydrogen) atoms. The Morgan fingerprint density at radius 2 is 1.25 bits per heavy atom. The molecule has 0 aromatic rings. The van der Waals surface area contributed by atoms with Crippen LogP contribution in [0.25, 0.3) is 0 Å². The third-order valence-corrected chi connectivity index (χ3v) is 0. The van der Waals surface area contributed by atoms with Crippen molar-refractivity contribution in [3.63, 3.8) is 0 Å². The Morgan fingerprint density at radius 3 is 1.25 bits per heavy atom. The van der Waals surface area contributed by atoms with Gasteiger partial charge in [-0.2, -0.15) is 0 Å². The molecule has 0 unspecified atom stereocenters. The quantitative estimate of drug-likeness (QED) is 0.454. The molecule has 0 aliphatic carbocycles. The minimum atomic E-state index is 0. The molecule has 0 atom stereocenters. The van der Waals surface area contributed by atoms with Gasteiger partial charge in [-0.05, 0) is 0 Å². The fraction of sp³-hybridized carbons (Fsp3) is 0. The molecule has 0 rings (SSSR count). The van der Waals surface area contributed by atoms with Crippen LogP contribution in [0.2, 0.25) is 0 Å². The van der Waals surface area contributed by atoms with Crippen molar-refractivity contribution in [2.75, 3.05) is 0 Å². The van der Waals surface area contributed by atoms with Gasteiger partial charge in [-0.15, -0.1) is 0 Å². The summed E-state index contributed by atoms with van der Waals surface area (Å²) in [5.74, 6) is 0. The molecule has 0 aromatic carbocycles. The second kappa shape index (κ2) is 16.5. The monoisotopic (exact) mass is 371 g/mol. The van der Waals surface area contributed by atoms with Crippen LogP contribution in [0.4, 0.5) is 0 Å². The van der Waals surface area contributed by atoms with E-state index in [2.05, 4.69) is 0 Å². The first-order valence-corrected chi connectivity index (χ1v) is 1.50. The molecule has 0 saturated carbocycles. The molecule has 0 aromatic heterocycles. The topological polar surface area (TPSA) is 17.1 Å². The Morgan fingerprint density at radius 1 is 1.25 bits per heavy atom. The van der Waals surface area contributed by atoms with E-state index < -0.39 is 0 Å². The fourth-order valence-corrected chi connectivity index (χ4v) is 0. The zero-order valence-corrected chi connectivity index (χ0v) is 8.29.